The van der Waals surface area contributed by atoms with Crippen LogP contribution in [0.4, 0.5) is 11.4 Å². The predicted molar refractivity (Wildman–Crippen MR) is 103 cm³/mol. The van der Waals surface area contributed by atoms with Crippen LogP contribution >= 0.6 is 0 Å². The van der Waals surface area contributed by atoms with Crippen LogP contribution in [0.5, 0.6) is 0 Å². The van der Waals surface area contributed by atoms with Gasteiger partial charge in [-0.05, 0) is 57.4 Å². The van der Waals surface area contributed by atoms with E-state index < -0.39 is 0 Å². The zero-order chi connectivity index (χ0) is 17.7. The van der Waals surface area contributed by atoms with Crippen molar-refractivity contribution in [2.75, 3.05) is 16.8 Å². The molecule has 1 amide bonds. The molecule has 0 bridgehead atoms. The lowest BCUT2D eigenvalue weighted by Crippen LogP contribution is -2.38. The number of carbonyl (C=O) groups is 1. The van der Waals surface area contributed by atoms with E-state index in [-0.39, 0.29) is 11.9 Å². The van der Waals surface area contributed by atoms with Gasteiger partial charge < -0.3 is 10.2 Å². The molecule has 24 heavy (non-hydrogen) atoms. The number of anilines is 2. The minimum Gasteiger partial charge on any atom is -0.360 e. The Bertz CT molecular complexity index is 689. The average molecular weight is 324 g/mol. The SMILES string of the molecule is CCc1cccc(C)c1NC(=O)CN(c1ccc(C)cc1)C(C)C. The molecule has 2 aromatic carbocycles. The average Bonchev–Trinajstić information content (AvgIpc) is 2.55. The van der Waals surface area contributed by atoms with E-state index in [0.29, 0.717) is 6.54 Å². The van der Waals surface area contributed by atoms with Crippen molar-refractivity contribution in [2.45, 2.75) is 47.1 Å². The van der Waals surface area contributed by atoms with E-state index >= 15 is 0 Å². The molecular weight excluding hydrogens is 296 g/mol. The van der Waals surface area contributed by atoms with Gasteiger partial charge in [0, 0.05) is 17.4 Å². The topological polar surface area (TPSA) is 32.3 Å². The van der Waals surface area contributed by atoms with E-state index in [1.54, 1.807) is 0 Å². The van der Waals surface area contributed by atoms with E-state index in [1.807, 2.05) is 19.1 Å². The Morgan fingerprint density at radius 2 is 1.75 bits per heavy atom. The fourth-order valence-electron chi connectivity index (χ4n) is 2.84. The van der Waals surface area contributed by atoms with Crippen LogP contribution in [0.15, 0.2) is 42.5 Å². The number of hydrogen-bond donors (Lipinski definition) is 1. The number of rotatable bonds is 6. The number of nitrogens with one attached hydrogen (secondary N) is 1. The first-order valence-electron chi connectivity index (χ1n) is 8.64. The molecule has 0 fully saturated rings. The normalized spacial score (nSPS) is 10.8. The van der Waals surface area contributed by atoms with Crippen LogP contribution in [0.25, 0.3) is 0 Å². The predicted octanol–water partition coefficient (Wildman–Crippen LogP) is 4.72. The van der Waals surface area contributed by atoms with E-state index in [4.69, 9.17) is 0 Å². The summed E-state index contributed by atoms with van der Waals surface area (Å²) in [4.78, 5) is 14.8. The lowest BCUT2D eigenvalue weighted by molar-refractivity contribution is -0.115. The molecule has 2 rings (SSSR count). The summed E-state index contributed by atoms with van der Waals surface area (Å²) in [5, 5.41) is 3.12. The smallest absolute Gasteiger partial charge is 0.243 e. The second-order valence-electron chi connectivity index (χ2n) is 6.57. The molecule has 0 unspecified atom stereocenters. The number of hydrogen-bond acceptors (Lipinski definition) is 2. The number of carbonyl (C=O) groups excluding carboxylic acids is 1. The largest absolute Gasteiger partial charge is 0.360 e. The molecule has 1 N–H and O–H groups in total. The summed E-state index contributed by atoms with van der Waals surface area (Å²) in [7, 11) is 0. The Hall–Kier alpha value is -2.29. The monoisotopic (exact) mass is 324 g/mol. The molecule has 0 aromatic heterocycles. The number of amides is 1. The highest BCUT2D eigenvalue weighted by Crippen LogP contribution is 2.22. The van der Waals surface area contributed by atoms with Crippen molar-refractivity contribution in [3.63, 3.8) is 0 Å². The minimum atomic E-state index is 0.0216. The molecule has 0 saturated carbocycles. The van der Waals surface area contributed by atoms with Crippen molar-refractivity contribution < 1.29 is 4.79 Å². The van der Waals surface area contributed by atoms with Gasteiger partial charge in [-0.3, -0.25) is 4.79 Å². The van der Waals surface area contributed by atoms with Crippen molar-refractivity contribution in [2.24, 2.45) is 0 Å². The van der Waals surface area contributed by atoms with Crippen molar-refractivity contribution in [3.8, 4) is 0 Å². The van der Waals surface area contributed by atoms with Gasteiger partial charge in [-0.25, -0.2) is 0 Å². The fraction of sp³-hybridized carbons (Fsp3) is 0.381. The number of aryl methyl sites for hydroxylation is 3. The third kappa shape index (κ3) is 4.38. The Balaban J connectivity index is 2.16. The highest BCUT2D eigenvalue weighted by Gasteiger charge is 2.16. The zero-order valence-electron chi connectivity index (χ0n) is 15.4. The summed E-state index contributed by atoms with van der Waals surface area (Å²) in [6, 6.07) is 14.7. The maximum Gasteiger partial charge on any atom is 0.243 e. The molecule has 0 aliphatic heterocycles. The maximum absolute atomic E-state index is 12.6. The second-order valence-corrected chi connectivity index (χ2v) is 6.57. The molecule has 0 saturated heterocycles. The van der Waals surface area contributed by atoms with Gasteiger partial charge in [0.15, 0.2) is 0 Å². The number of nitrogens with zero attached hydrogens (tertiary/aromatic N) is 1. The molecule has 0 aliphatic carbocycles. The van der Waals surface area contributed by atoms with Crippen molar-refractivity contribution >= 4 is 17.3 Å². The lowest BCUT2D eigenvalue weighted by atomic mass is 10.1. The summed E-state index contributed by atoms with van der Waals surface area (Å²) in [5.74, 6) is 0.0216. The quantitative estimate of drug-likeness (QED) is 0.834. The third-order valence-corrected chi connectivity index (χ3v) is 4.31. The first-order chi connectivity index (χ1) is 11.4. The van der Waals surface area contributed by atoms with Crippen LogP contribution in [0.1, 0.15) is 37.5 Å². The van der Waals surface area contributed by atoms with Gasteiger partial charge in [0.05, 0.1) is 6.54 Å². The van der Waals surface area contributed by atoms with Crippen molar-refractivity contribution in [1.29, 1.82) is 0 Å². The molecule has 0 radical (unpaired) electrons. The summed E-state index contributed by atoms with van der Waals surface area (Å²) in [6.45, 7) is 10.8. The summed E-state index contributed by atoms with van der Waals surface area (Å²) in [6.07, 6.45) is 0.906. The minimum absolute atomic E-state index is 0.0216. The van der Waals surface area contributed by atoms with Crippen LogP contribution in [-0.2, 0) is 11.2 Å². The van der Waals surface area contributed by atoms with Gasteiger partial charge in [-0.15, -0.1) is 0 Å². The Kier molecular flexibility index (Phi) is 6.02. The first kappa shape index (κ1) is 18.1. The Labute approximate surface area is 145 Å². The molecule has 2 aromatic rings. The molecule has 0 spiro atoms. The van der Waals surface area contributed by atoms with Gasteiger partial charge in [-0.1, -0.05) is 42.8 Å². The van der Waals surface area contributed by atoms with Crippen molar-refractivity contribution in [1.82, 2.24) is 0 Å². The van der Waals surface area contributed by atoms with Crippen LogP contribution in [0, 0.1) is 13.8 Å². The molecular formula is C21H28N2O. The Morgan fingerprint density at radius 1 is 1.08 bits per heavy atom. The number of benzene rings is 2. The summed E-state index contributed by atoms with van der Waals surface area (Å²) in [5.41, 5.74) is 5.53. The Morgan fingerprint density at radius 3 is 2.33 bits per heavy atom. The number of para-hydroxylation sites is 1. The zero-order valence-corrected chi connectivity index (χ0v) is 15.4. The van der Waals surface area contributed by atoms with E-state index in [9.17, 15) is 4.79 Å². The highest BCUT2D eigenvalue weighted by molar-refractivity contribution is 5.95. The maximum atomic E-state index is 12.6. The van der Waals surface area contributed by atoms with Gasteiger partial charge in [0.25, 0.3) is 0 Å². The third-order valence-electron chi connectivity index (χ3n) is 4.31. The lowest BCUT2D eigenvalue weighted by Gasteiger charge is -2.28. The van der Waals surface area contributed by atoms with E-state index in [2.05, 4.69) is 68.2 Å². The fourth-order valence-corrected chi connectivity index (χ4v) is 2.84. The van der Waals surface area contributed by atoms with Crippen LogP contribution < -0.4 is 10.2 Å². The molecule has 128 valence electrons. The summed E-state index contributed by atoms with van der Waals surface area (Å²) >= 11 is 0. The first-order valence-corrected chi connectivity index (χ1v) is 8.64. The van der Waals surface area contributed by atoms with Crippen molar-refractivity contribution in [3.05, 3.63) is 59.2 Å². The van der Waals surface area contributed by atoms with Gasteiger partial charge in [0.1, 0.15) is 0 Å². The van der Waals surface area contributed by atoms with Gasteiger partial charge in [-0.2, -0.15) is 0 Å². The molecule has 3 heteroatoms. The van der Waals surface area contributed by atoms with Crippen LogP contribution in [0.3, 0.4) is 0 Å². The van der Waals surface area contributed by atoms with Gasteiger partial charge >= 0.3 is 0 Å². The molecule has 3 nitrogen and oxygen atoms in total. The molecule has 0 aliphatic rings. The molecule has 0 atom stereocenters. The standard InChI is InChI=1S/C21H28N2O/c1-6-18-9-7-8-17(5)21(18)22-20(24)14-23(15(2)3)19-12-10-16(4)11-13-19/h7-13,15H,6,14H2,1-5H3,(H,22,24). The van der Waals surface area contributed by atoms with E-state index in [0.717, 1.165) is 23.4 Å². The van der Waals surface area contributed by atoms with E-state index in [1.165, 1.54) is 11.1 Å². The summed E-state index contributed by atoms with van der Waals surface area (Å²) < 4.78 is 0. The van der Waals surface area contributed by atoms with Gasteiger partial charge in [0.2, 0.25) is 5.91 Å². The van der Waals surface area contributed by atoms with Crippen LogP contribution in [-0.4, -0.2) is 18.5 Å². The second kappa shape index (κ2) is 8.00. The highest BCUT2D eigenvalue weighted by atomic mass is 16.2. The molecule has 0 heterocycles. The van der Waals surface area contributed by atoms with Crippen LogP contribution in [0.2, 0.25) is 0 Å².